The molecule has 108 valence electrons. The Morgan fingerprint density at radius 1 is 1.10 bits per heavy atom. The molecule has 0 aliphatic carbocycles. The third-order valence-corrected chi connectivity index (χ3v) is 3.19. The van der Waals surface area contributed by atoms with Crippen molar-refractivity contribution in [2.45, 2.75) is 6.61 Å². The van der Waals surface area contributed by atoms with E-state index >= 15 is 0 Å². The van der Waals surface area contributed by atoms with E-state index in [1.54, 1.807) is 24.3 Å². The molecule has 0 saturated heterocycles. The van der Waals surface area contributed by atoms with E-state index in [0.717, 1.165) is 0 Å². The van der Waals surface area contributed by atoms with Crippen molar-refractivity contribution in [2.75, 3.05) is 0 Å². The number of carboxylic acid groups (broad SMARTS) is 1. The van der Waals surface area contributed by atoms with Crippen molar-refractivity contribution < 1.29 is 19.4 Å². The van der Waals surface area contributed by atoms with Gasteiger partial charge in [-0.15, -0.1) is 0 Å². The van der Waals surface area contributed by atoms with Gasteiger partial charge in [0.2, 0.25) is 5.91 Å². The topological polar surface area (TPSA) is 89.6 Å². The lowest BCUT2D eigenvalue weighted by Gasteiger charge is -2.09. The molecule has 0 aromatic heterocycles. The predicted molar refractivity (Wildman–Crippen MR) is 77.7 cm³/mol. The number of carbonyl (C=O) groups excluding carboxylic acids is 1. The van der Waals surface area contributed by atoms with Gasteiger partial charge in [-0.3, -0.25) is 4.79 Å². The van der Waals surface area contributed by atoms with Crippen LogP contribution in [0.1, 0.15) is 26.3 Å². The van der Waals surface area contributed by atoms with E-state index in [2.05, 4.69) is 0 Å². The molecule has 0 aliphatic rings. The maximum Gasteiger partial charge on any atom is 0.335 e. The van der Waals surface area contributed by atoms with Gasteiger partial charge in [0.1, 0.15) is 12.4 Å². The highest BCUT2D eigenvalue weighted by molar-refractivity contribution is 6.31. The average Bonchev–Trinajstić information content (AvgIpc) is 2.46. The van der Waals surface area contributed by atoms with Gasteiger partial charge < -0.3 is 15.6 Å². The molecule has 3 N–H and O–H groups in total. The molecule has 0 heterocycles. The Kier molecular flexibility index (Phi) is 4.45. The first-order valence-electron chi connectivity index (χ1n) is 6.02. The molecule has 2 aromatic rings. The zero-order valence-corrected chi connectivity index (χ0v) is 11.6. The normalized spacial score (nSPS) is 10.1. The molecular formula is C15H12ClNO4. The summed E-state index contributed by atoms with van der Waals surface area (Å²) in [6.45, 7) is 0.199. The Morgan fingerprint density at radius 2 is 1.71 bits per heavy atom. The van der Waals surface area contributed by atoms with Crippen LogP contribution in [0.5, 0.6) is 5.75 Å². The van der Waals surface area contributed by atoms with E-state index in [1.807, 2.05) is 0 Å². The average molecular weight is 306 g/mol. The van der Waals surface area contributed by atoms with E-state index in [4.69, 9.17) is 27.2 Å². The molecule has 21 heavy (non-hydrogen) atoms. The van der Waals surface area contributed by atoms with Gasteiger partial charge in [0.05, 0.1) is 5.56 Å². The molecular weight excluding hydrogens is 294 g/mol. The summed E-state index contributed by atoms with van der Waals surface area (Å²) in [6, 6.07) is 10.7. The van der Waals surface area contributed by atoms with Crippen LogP contribution in [0.4, 0.5) is 0 Å². The zero-order chi connectivity index (χ0) is 15.4. The highest BCUT2D eigenvalue weighted by atomic mass is 35.5. The first-order valence-corrected chi connectivity index (χ1v) is 6.39. The lowest BCUT2D eigenvalue weighted by molar-refractivity contribution is 0.0696. The van der Waals surface area contributed by atoms with Crippen LogP contribution >= 0.6 is 11.6 Å². The lowest BCUT2D eigenvalue weighted by atomic mass is 10.1. The van der Waals surface area contributed by atoms with Gasteiger partial charge >= 0.3 is 5.97 Å². The van der Waals surface area contributed by atoms with Crippen molar-refractivity contribution in [3.05, 3.63) is 64.2 Å². The summed E-state index contributed by atoms with van der Waals surface area (Å²) in [7, 11) is 0. The highest BCUT2D eigenvalue weighted by Gasteiger charge is 2.07. The van der Waals surface area contributed by atoms with Crippen molar-refractivity contribution in [1.29, 1.82) is 0 Å². The summed E-state index contributed by atoms with van der Waals surface area (Å²) in [6.07, 6.45) is 0. The number of carbonyl (C=O) groups is 2. The van der Waals surface area contributed by atoms with Gasteiger partial charge in [-0.2, -0.15) is 0 Å². The molecule has 0 atom stereocenters. The molecule has 0 radical (unpaired) electrons. The number of halogens is 1. The molecule has 6 heteroatoms. The summed E-state index contributed by atoms with van der Waals surface area (Å²) >= 11 is 6.04. The molecule has 1 amide bonds. The number of nitrogens with two attached hydrogens (primary N) is 1. The van der Waals surface area contributed by atoms with Crippen LogP contribution in [0.15, 0.2) is 42.5 Å². The van der Waals surface area contributed by atoms with Crippen molar-refractivity contribution in [3.8, 4) is 5.75 Å². The molecule has 0 spiro atoms. The summed E-state index contributed by atoms with van der Waals surface area (Å²) in [4.78, 5) is 21.7. The second-order valence-electron chi connectivity index (χ2n) is 4.29. The van der Waals surface area contributed by atoms with Crippen LogP contribution < -0.4 is 10.5 Å². The van der Waals surface area contributed by atoms with Crippen LogP contribution in [0.3, 0.4) is 0 Å². The maximum absolute atomic E-state index is 11.0. The minimum atomic E-state index is -0.994. The van der Waals surface area contributed by atoms with Crippen LogP contribution in [0, 0.1) is 0 Å². The minimum Gasteiger partial charge on any atom is -0.489 e. The van der Waals surface area contributed by atoms with Crippen LogP contribution in [0.25, 0.3) is 0 Å². The number of ether oxygens (including phenoxy) is 1. The first-order chi connectivity index (χ1) is 9.97. The Balaban J connectivity index is 2.06. The smallest absolute Gasteiger partial charge is 0.335 e. The molecule has 0 unspecified atom stereocenters. The van der Waals surface area contributed by atoms with E-state index in [1.165, 1.54) is 18.2 Å². The molecule has 0 fully saturated rings. The maximum atomic E-state index is 11.0. The molecule has 5 nitrogen and oxygen atoms in total. The highest BCUT2D eigenvalue weighted by Crippen LogP contribution is 2.20. The van der Waals surface area contributed by atoms with Gasteiger partial charge in [-0.25, -0.2) is 4.79 Å². The fraction of sp³-hybridized carbons (Fsp3) is 0.0667. The number of hydrogen-bond acceptors (Lipinski definition) is 3. The van der Waals surface area contributed by atoms with Gasteiger partial charge in [-0.1, -0.05) is 17.7 Å². The monoisotopic (exact) mass is 305 g/mol. The number of rotatable bonds is 5. The Hall–Kier alpha value is -2.53. The minimum absolute atomic E-state index is 0.186. The van der Waals surface area contributed by atoms with Crippen LogP contribution in [0.2, 0.25) is 5.02 Å². The van der Waals surface area contributed by atoms with E-state index in [9.17, 15) is 9.59 Å². The van der Waals surface area contributed by atoms with Crippen LogP contribution in [-0.4, -0.2) is 17.0 Å². The van der Waals surface area contributed by atoms with Gasteiger partial charge in [0.25, 0.3) is 0 Å². The van der Waals surface area contributed by atoms with Gasteiger partial charge in [-0.05, 0) is 36.4 Å². The Bertz CT molecular complexity index is 683. The number of benzene rings is 2. The van der Waals surface area contributed by atoms with Crippen molar-refractivity contribution in [3.63, 3.8) is 0 Å². The predicted octanol–water partition coefficient (Wildman–Crippen LogP) is 2.72. The fourth-order valence-corrected chi connectivity index (χ4v) is 1.91. The summed E-state index contributed by atoms with van der Waals surface area (Å²) in [5, 5.41) is 9.18. The summed E-state index contributed by atoms with van der Waals surface area (Å²) in [5.74, 6) is -1.02. The molecule has 0 bridgehead atoms. The molecule has 2 aromatic carbocycles. The zero-order valence-electron chi connectivity index (χ0n) is 10.9. The third kappa shape index (κ3) is 3.73. The van der Waals surface area contributed by atoms with Crippen molar-refractivity contribution in [1.82, 2.24) is 0 Å². The summed E-state index contributed by atoms with van der Waals surface area (Å²) < 4.78 is 5.51. The Morgan fingerprint density at radius 3 is 2.24 bits per heavy atom. The number of aromatic carboxylic acids is 1. The molecule has 0 aliphatic heterocycles. The van der Waals surface area contributed by atoms with E-state index in [0.29, 0.717) is 21.9 Å². The lowest BCUT2D eigenvalue weighted by Crippen LogP contribution is -2.11. The Labute approximate surface area is 125 Å². The number of primary amides is 1. The number of carboxylic acids is 1. The second kappa shape index (κ2) is 6.28. The number of amides is 1. The van der Waals surface area contributed by atoms with Gasteiger partial charge in [0, 0.05) is 16.1 Å². The van der Waals surface area contributed by atoms with E-state index in [-0.39, 0.29) is 12.2 Å². The molecule has 2 rings (SSSR count). The quantitative estimate of drug-likeness (QED) is 0.888. The van der Waals surface area contributed by atoms with Crippen LogP contribution in [-0.2, 0) is 6.61 Å². The molecule has 0 saturated carbocycles. The fourth-order valence-electron chi connectivity index (χ4n) is 1.67. The first kappa shape index (κ1) is 14.9. The second-order valence-corrected chi connectivity index (χ2v) is 4.70. The SMILES string of the molecule is NC(=O)c1ccc(COc2ccc(C(=O)O)cc2)c(Cl)c1. The summed E-state index contributed by atoms with van der Waals surface area (Å²) in [5.41, 5.74) is 6.37. The van der Waals surface area contributed by atoms with Crippen molar-refractivity contribution in [2.24, 2.45) is 5.73 Å². The largest absolute Gasteiger partial charge is 0.489 e. The number of hydrogen-bond donors (Lipinski definition) is 2. The van der Waals surface area contributed by atoms with Gasteiger partial charge in [0.15, 0.2) is 0 Å². The van der Waals surface area contributed by atoms with Crippen molar-refractivity contribution >= 4 is 23.5 Å². The third-order valence-electron chi connectivity index (χ3n) is 2.83. The van der Waals surface area contributed by atoms with E-state index < -0.39 is 11.9 Å². The standard InChI is InChI=1S/C15H12ClNO4/c16-13-7-10(14(17)18)1-2-11(13)8-21-12-5-3-9(4-6-12)15(19)20/h1-7H,8H2,(H2,17,18)(H,19,20).